The lowest BCUT2D eigenvalue weighted by molar-refractivity contribution is -0.115. The van der Waals surface area contributed by atoms with Crippen molar-refractivity contribution in [3.63, 3.8) is 0 Å². The van der Waals surface area contributed by atoms with Gasteiger partial charge in [0, 0.05) is 10.6 Å². The highest BCUT2D eigenvalue weighted by Gasteiger charge is 2.04. The van der Waals surface area contributed by atoms with Gasteiger partial charge in [0.25, 0.3) is 0 Å². The van der Waals surface area contributed by atoms with Crippen LogP contribution in [-0.2, 0) is 11.2 Å². The van der Waals surface area contributed by atoms with E-state index in [0.717, 1.165) is 16.3 Å². The smallest absolute Gasteiger partial charge is 0.229 e. The van der Waals surface area contributed by atoms with Crippen LogP contribution in [0.1, 0.15) is 11.8 Å². The number of carbonyl (C=O) groups excluding carboxylic acids is 1. The highest BCUT2D eigenvalue weighted by atomic mass is 32.1. The van der Waals surface area contributed by atoms with Gasteiger partial charge >= 0.3 is 0 Å². The molecular weight excluding hydrogens is 246 g/mol. The van der Waals surface area contributed by atoms with Gasteiger partial charge < -0.3 is 10.1 Å². The van der Waals surface area contributed by atoms with E-state index in [9.17, 15) is 4.79 Å². The van der Waals surface area contributed by atoms with Crippen LogP contribution >= 0.6 is 11.3 Å². The molecule has 4 heteroatoms. The van der Waals surface area contributed by atoms with Gasteiger partial charge in [-0.25, -0.2) is 0 Å². The maximum absolute atomic E-state index is 11.8. The van der Waals surface area contributed by atoms with Crippen molar-refractivity contribution in [3.05, 3.63) is 46.7 Å². The minimum absolute atomic E-state index is 0.00149. The van der Waals surface area contributed by atoms with Gasteiger partial charge in [-0.1, -0.05) is 6.07 Å². The maximum atomic E-state index is 11.8. The average molecular weight is 261 g/mol. The van der Waals surface area contributed by atoms with Crippen LogP contribution in [0.15, 0.2) is 41.8 Å². The first-order valence-electron chi connectivity index (χ1n) is 5.83. The lowest BCUT2D eigenvalue weighted by Crippen LogP contribution is -2.13. The molecule has 1 heterocycles. The van der Waals surface area contributed by atoms with Crippen molar-refractivity contribution >= 4 is 22.9 Å². The topological polar surface area (TPSA) is 38.3 Å². The Morgan fingerprint density at radius 3 is 2.67 bits per heavy atom. The van der Waals surface area contributed by atoms with Crippen LogP contribution in [0.3, 0.4) is 0 Å². The molecule has 18 heavy (non-hydrogen) atoms. The second kappa shape index (κ2) is 6.21. The molecule has 2 rings (SSSR count). The van der Waals surface area contributed by atoms with E-state index >= 15 is 0 Å². The van der Waals surface area contributed by atoms with E-state index in [-0.39, 0.29) is 5.91 Å². The van der Waals surface area contributed by atoms with Gasteiger partial charge in [-0.3, -0.25) is 4.79 Å². The zero-order valence-electron chi connectivity index (χ0n) is 10.2. The van der Waals surface area contributed by atoms with E-state index in [2.05, 4.69) is 5.32 Å². The maximum Gasteiger partial charge on any atom is 0.229 e. The Balaban J connectivity index is 1.90. The lowest BCUT2D eigenvalue weighted by atomic mass is 10.2. The van der Waals surface area contributed by atoms with Crippen molar-refractivity contribution in [2.75, 3.05) is 11.9 Å². The Morgan fingerprint density at radius 1 is 1.28 bits per heavy atom. The van der Waals surface area contributed by atoms with Crippen molar-refractivity contribution in [1.29, 1.82) is 0 Å². The zero-order valence-corrected chi connectivity index (χ0v) is 11.0. The minimum atomic E-state index is 0.00149. The van der Waals surface area contributed by atoms with Crippen LogP contribution in [0.4, 0.5) is 5.69 Å². The molecule has 1 N–H and O–H groups in total. The number of hydrogen-bond acceptors (Lipinski definition) is 3. The Kier molecular flexibility index (Phi) is 4.36. The third kappa shape index (κ3) is 3.60. The monoisotopic (exact) mass is 261 g/mol. The van der Waals surface area contributed by atoms with Crippen molar-refractivity contribution in [3.8, 4) is 5.75 Å². The second-order valence-electron chi connectivity index (χ2n) is 3.76. The fourth-order valence-corrected chi connectivity index (χ4v) is 2.28. The Morgan fingerprint density at radius 2 is 2.06 bits per heavy atom. The Bertz CT molecular complexity index is 491. The summed E-state index contributed by atoms with van der Waals surface area (Å²) in [6.45, 7) is 2.58. The van der Waals surface area contributed by atoms with Crippen LogP contribution in [0.2, 0.25) is 0 Å². The standard InChI is InChI=1S/C14H15NO2S/c1-2-17-12-7-5-11(6-8-12)15-14(16)10-13-4-3-9-18-13/h3-9H,2,10H2,1H3,(H,15,16). The number of nitrogens with one attached hydrogen (secondary N) is 1. The van der Waals surface area contributed by atoms with E-state index in [1.165, 1.54) is 0 Å². The molecule has 0 fully saturated rings. The summed E-state index contributed by atoms with van der Waals surface area (Å²) in [5.74, 6) is 0.815. The Labute approximate surface area is 110 Å². The quantitative estimate of drug-likeness (QED) is 0.896. The van der Waals surface area contributed by atoms with Gasteiger partial charge in [0.05, 0.1) is 13.0 Å². The molecule has 3 nitrogen and oxygen atoms in total. The van der Waals surface area contributed by atoms with Gasteiger partial charge in [0.15, 0.2) is 0 Å². The highest BCUT2D eigenvalue weighted by molar-refractivity contribution is 7.10. The summed E-state index contributed by atoms with van der Waals surface area (Å²) in [5, 5.41) is 4.83. The molecule has 0 saturated heterocycles. The Hall–Kier alpha value is -1.81. The normalized spacial score (nSPS) is 10.1. The third-order valence-corrected chi connectivity index (χ3v) is 3.24. The number of carbonyl (C=O) groups is 1. The highest BCUT2D eigenvalue weighted by Crippen LogP contribution is 2.16. The van der Waals surface area contributed by atoms with Crippen molar-refractivity contribution in [2.24, 2.45) is 0 Å². The summed E-state index contributed by atoms with van der Waals surface area (Å²) < 4.78 is 5.34. The molecule has 0 atom stereocenters. The van der Waals surface area contributed by atoms with Gasteiger partial charge in [-0.2, -0.15) is 0 Å². The summed E-state index contributed by atoms with van der Waals surface area (Å²) in [6, 6.07) is 11.3. The molecule has 0 bridgehead atoms. The molecule has 94 valence electrons. The predicted octanol–water partition coefficient (Wildman–Crippen LogP) is 3.33. The molecule has 0 saturated carbocycles. The van der Waals surface area contributed by atoms with E-state index in [1.807, 2.05) is 48.7 Å². The van der Waals surface area contributed by atoms with Crippen LogP contribution < -0.4 is 10.1 Å². The molecule has 0 spiro atoms. The number of rotatable bonds is 5. The van der Waals surface area contributed by atoms with E-state index in [1.54, 1.807) is 11.3 Å². The van der Waals surface area contributed by atoms with Gasteiger partial charge in [-0.05, 0) is 42.6 Å². The summed E-state index contributed by atoms with van der Waals surface area (Å²) in [5.41, 5.74) is 0.792. The van der Waals surface area contributed by atoms with Crippen LogP contribution in [0, 0.1) is 0 Å². The average Bonchev–Trinajstić information content (AvgIpc) is 2.84. The second-order valence-corrected chi connectivity index (χ2v) is 4.79. The van der Waals surface area contributed by atoms with Crippen molar-refractivity contribution < 1.29 is 9.53 Å². The summed E-state index contributed by atoms with van der Waals surface area (Å²) >= 11 is 1.59. The molecule has 0 aliphatic heterocycles. The van der Waals surface area contributed by atoms with E-state index in [4.69, 9.17) is 4.74 Å². The molecule has 1 amide bonds. The third-order valence-electron chi connectivity index (χ3n) is 2.36. The lowest BCUT2D eigenvalue weighted by Gasteiger charge is -2.06. The fourth-order valence-electron chi connectivity index (χ4n) is 1.58. The molecule has 0 unspecified atom stereocenters. The van der Waals surface area contributed by atoms with Crippen LogP contribution in [-0.4, -0.2) is 12.5 Å². The number of amides is 1. The first-order valence-corrected chi connectivity index (χ1v) is 6.71. The number of anilines is 1. The van der Waals surface area contributed by atoms with E-state index < -0.39 is 0 Å². The van der Waals surface area contributed by atoms with Crippen molar-refractivity contribution in [1.82, 2.24) is 0 Å². The van der Waals surface area contributed by atoms with Gasteiger partial charge in [0.2, 0.25) is 5.91 Å². The molecule has 2 aromatic rings. The molecule has 0 aliphatic carbocycles. The fraction of sp³-hybridized carbons (Fsp3) is 0.214. The van der Waals surface area contributed by atoms with Gasteiger partial charge in [0.1, 0.15) is 5.75 Å². The molecule has 1 aromatic heterocycles. The molecule has 1 aromatic carbocycles. The van der Waals surface area contributed by atoms with Crippen molar-refractivity contribution in [2.45, 2.75) is 13.3 Å². The summed E-state index contributed by atoms with van der Waals surface area (Å²) in [6.07, 6.45) is 0.422. The number of benzene rings is 1. The SMILES string of the molecule is CCOc1ccc(NC(=O)Cc2cccs2)cc1. The number of ether oxygens (including phenoxy) is 1. The van der Waals surface area contributed by atoms with E-state index in [0.29, 0.717) is 13.0 Å². The minimum Gasteiger partial charge on any atom is -0.494 e. The summed E-state index contributed by atoms with van der Waals surface area (Å²) in [7, 11) is 0. The first kappa shape index (κ1) is 12.6. The first-order chi connectivity index (χ1) is 8.78. The van der Waals surface area contributed by atoms with Crippen LogP contribution in [0.5, 0.6) is 5.75 Å². The molecule has 0 radical (unpaired) electrons. The number of hydrogen-bond donors (Lipinski definition) is 1. The molecular formula is C14H15NO2S. The zero-order chi connectivity index (χ0) is 12.8. The van der Waals surface area contributed by atoms with Crippen LogP contribution in [0.25, 0.3) is 0 Å². The predicted molar refractivity (Wildman–Crippen MR) is 74.3 cm³/mol. The summed E-state index contributed by atoms with van der Waals surface area (Å²) in [4.78, 5) is 12.8. The number of thiophene rings is 1. The molecule has 0 aliphatic rings. The van der Waals surface area contributed by atoms with Gasteiger partial charge in [-0.15, -0.1) is 11.3 Å². The largest absolute Gasteiger partial charge is 0.494 e.